The molecule has 0 fully saturated rings. The van der Waals surface area contributed by atoms with Crippen molar-refractivity contribution >= 4 is 23.5 Å². The molecule has 8 nitrogen and oxygen atoms in total. The van der Waals surface area contributed by atoms with Crippen LogP contribution in [0.3, 0.4) is 0 Å². The monoisotopic (exact) mass is 364 g/mol. The molecule has 0 spiro atoms. The van der Waals surface area contributed by atoms with Gasteiger partial charge in [-0.05, 0) is 32.6 Å². The average Bonchev–Trinajstić information content (AvgIpc) is 3.00. The quantitative estimate of drug-likeness (QED) is 0.584. The van der Waals surface area contributed by atoms with Crippen LogP contribution in [0.15, 0.2) is 20.4 Å². The molecule has 134 valence electrons. The van der Waals surface area contributed by atoms with Crippen LogP contribution >= 0.6 is 11.8 Å². The first kappa shape index (κ1) is 17.7. The van der Waals surface area contributed by atoms with E-state index in [4.69, 9.17) is 4.52 Å². The number of anilines is 1. The van der Waals surface area contributed by atoms with Gasteiger partial charge in [0, 0.05) is 17.3 Å². The molecule has 2 heterocycles. The number of nitrogens with zero attached hydrogens (tertiary/aromatic N) is 3. The van der Waals surface area contributed by atoms with Crippen molar-refractivity contribution in [1.29, 1.82) is 0 Å². The first-order valence-corrected chi connectivity index (χ1v) is 9.16. The first-order valence-electron chi connectivity index (χ1n) is 8.18. The maximum atomic E-state index is 12.2. The zero-order chi connectivity index (χ0) is 17.8. The smallest absolute Gasteiger partial charge is 0.348 e. The second kappa shape index (κ2) is 7.83. The van der Waals surface area contributed by atoms with Crippen molar-refractivity contribution in [1.82, 2.24) is 14.7 Å². The highest BCUT2D eigenvalue weighted by Gasteiger charge is 2.21. The molecule has 0 bridgehead atoms. The number of aliphatic hydroxyl groups is 1. The lowest BCUT2D eigenvalue weighted by Gasteiger charge is -2.22. The highest BCUT2D eigenvalue weighted by molar-refractivity contribution is 8.00. The van der Waals surface area contributed by atoms with Crippen LogP contribution in [-0.4, -0.2) is 38.1 Å². The highest BCUT2D eigenvalue weighted by atomic mass is 32.2. The predicted molar refractivity (Wildman–Crippen MR) is 92.8 cm³/mol. The summed E-state index contributed by atoms with van der Waals surface area (Å²) < 4.78 is 6.46. The molecule has 2 aromatic heterocycles. The number of fused-ring (bicyclic) bond motifs is 1. The molecule has 2 aromatic rings. The molecule has 1 amide bonds. The number of thioether (sulfide) groups is 1. The van der Waals surface area contributed by atoms with Crippen LogP contribution in [0.2, 0.25) is 0 Å². The van der Waals surface area contributed by atoms with Crippen molar-refractivity contribution in [2.45, 2.75) is 44.2 Å². The lowest BCUT2D eigenvalue weighted by atomic mass is 9.97. The average molecular weight is 364 g/mol. The molecule has 0 radical (unpaired) electrons. The van der Waals surface area contributed by atoms with Crippen molar-refractivity contribution in [2.24, 2.45) is 0 Å². The minimum Gasteiger partial charge on any atom is -0.395 e. The Bertz CT molecular complexity index is 830. The zero-order valence-corrected chi connectivity index (χ0v) is 14.8. The Morgan fingerprint density at radius 2 is 2.24 bits per heavy atom. The van der Waals surface area contributed by atoms with Gasteiger partial charge in [-0.25, -0.2) is 4.79 Å². The van der Waals surface area contributed by atoms with E-state index in [0.717, 1.165) is 36.9 Å². The first-order chi connectivity index (χ1) is 12.1. The van der Waals surface area contributed by atoms with Gasteiger partial charge in [0.2, 0.25) is 5.91 Å². The Morgan fingerprint density at radius 3 is 2.96 bits per heavy atom. The summed E-state index contributed by atoms with van der Waals surface area (Å²) in [6.45, 7) is 1.90. The van der Waals surface area contributed by atoms with Crippen LogP contribution in [0, 0.1) is 6.92 Å². The standard InChI is InChI=1S/C16H20N4O4S/c1-10-8-13(19-24-10)17-14(22)9-25-15-11-4-2-3-5-12(11)20(6-7-21)16(23)18-15/h8,21H,2-7,9H2,1H3,(H,17,19,22). The van der Waals surface area contributed by atoms with Crippen molar-refractivity contribution in [2.75, 3.05) is 17.7 Å². The fraction of sp³-hybridized carbons (Fsp3) is 0.500. The van der Waals surface area contributed by atoms with Gasteiger partial charge >= 0.3 is 5.69 Å². The Labute approximate surface area is 148 Å². The van der Waals surface area contributed by atoms with E-state index in [-0.39, 0.29) is 30.5 Å². The fourth-order valence-corrected chi connectivity index (χ4v) is 3.81. The van der Waals surface area contributed by atoms with Crippen LogP contribution in [0.5, 0.6) is 0 Å². The van der Waals surface area contributed by atoms with Crippen LogP contribution in [0.1, 0.15) is 29.9 Å². The lowest BCUT2D eigenvalue weighted by molar-refractivity contribution is -0.113. The van der Waals surface area contributed by atoms with Gasteiger partial charge in [-0.3, -0.25) is 9.36 Å². The topological polar surface area (TPSA) is 110 Å². The fourth-order valence-electron chi connectivity index (χ4n) is 2.94. The van der Waals surface area contributed by atoms with E-state index in [9.17, 15) is 14.7 Å². The molecule has 1 aliphatic rings. The number of hydrogen-bond donors (Lipinski definition) is 2. The van der Waals surface area contributed by atoms with Crippen molar-refractivity contribution in [3.63, 3.8) is 0 Å². The molecular weight excluding hydrogens is 344 g/mol. The molecular formula is C16H20N4O4S. The van der Waals surface area contributed by atoms with Crippen molar-refractivity contribution in [3.05, 3.63) is 33.6 Å². The Morgan fingerprint density at radius 1 is 1.44 bits per heavy atom. The van der Waals surface area contributed by atoms with E-state index in [2.05, 4.69) is 15.5 Å². The Hall–Kier alpha value is -2.13. The normalized spacial score (nSPS) is 13.5. The minimum absolute atomic E-state index is 0.0972. The number of aromatic nitrogens is 3. The van der Waals surface area contributed by atoms with Gasteiger partial charge in [0.1, 0.15) is 10.8 Å². The number of carbonyl (C=O) groups excluding carboxylic acids is 1. The third-order valence-corrected chi connectivity index (χ3v) is 5.03. The maximum absolute atomic E-state index is 12.2. The molecule has 3 rings (SSSR count). The molecule has 2 N–H and O–H groups in total. The molecule has 0 aliphatic heterocycles. The van der Waals surface area contributed by atoms with Gasteiger partial charge in [-0.1, -0.05) is 16.9 Å². The maximum Gasteiger partial charge on any atom is 0.348 e. The summed E-state index contributed by atoms with van der Waals surface area (Å²) in [5.41, 5.74) is 1.59. The van der Waals surface area contributed by atoms with Gasteiger partial charge in [-0.15, -0.1) is 0 Å². The van der Waals surface area contributed by atoms with Gasteiger partial charge in [0.05, 0.1) is 18.9 Å². The number of nitrogens with one attached hydrogen (secondary N) is 1. The molecule has 0 saturated carbocycles. The van der Waals surface area contributed by atoms with E-state index >= 15 is 0 Å². The summed E-state index contributed by atoms with van der Waals surface area (Å²) in [5.74, 6) is 0.890. The van der Waals surface area contributed by atoms with E-state index < -0.39 is 0 Å². The summed E-state index contributed by atoms with van der Waals surface area (Å²) in [7, 11) is 0. The van der Waals surface area contributed by atoms with Crippen molar-refractivity contribution in [3.8, 4) is 0 Å². The number of aliphatic hydroxyl groups excluding tert-OH is 1. The SMILES string of the molecule is Cc1cc(NC(=O)CSc2nc(=O)n(CCO)c3c2CCCC3)no1. The summed E-state index contributed by atoms with van der Waals surface area (Å²) in [4.78, 5) is 28.4. The molecule has 0 saturated heterocycles. The molecule has 0 atom stereocenters. The Kier molecular flexibility index (Phi) is 5.54. The summed E-state index contributed by atoms with van der Waals surface area (Å²) in [5, 5.41) is 16.2. The minimum atomic E-state index is -0.371. The van der Waals surface area contributed by atoms with Gasteiger partial charge < -0.3 is 14.9 Å². The number of hydrogen-bond acceptors (Lipinski definition) is 7. The number of amides is 1. The van der Waals surface area contributed by atoms with E-state index in [0.29, 0.717) is 16.6 Å². The number of rotatable bonds is 6. The summed E-state index contributed by atoms with van der Waals surface area (Å²) in [6, 6.07) is 1.64. The van der Waals surface area contributed by atoms with Gasteiger partial charge in [0.15, 0.2) is 5.82 Å². The molecule has 25 heavy (non-hydrogen) atoms. The van der Waals surface area contributed by atoms with Crippen LogP contribution in [0.25, 0.3) is 0 Å². The second-order valence-electron chi connectivity index (χ2n) is 5.87. The number of aryl methyl sites for hydroxylation is 1. The zero-order valence-electron chi connectivity index (χ0n) is 13.9. The highest BCUT2D eigenvalue weighted by Crippen LogP contribution is 2.28. The van der Waals surface area contributed by atoms with Gasteiger partial charge in [-0.2, -0.15) is 4.98 Å². The van der Waals surface area contributed by atoms with Gasteiger partial charge in [0.25, 0.3) is 0 Å². The lowest BCUT2D eigenvalue weighted by Crippen LogP contribution is -2.31. The molecule has 0 unspecified atom stereocenters. The van der Waals surface area contributed by atoms with Crippen LogP contribution in [-0.2, 0) is 24.2 Å². The molecule has 0 aromatic carbocycles. The van der Waals surface area contributed by atoms with Crippen molar-refractivity contribution < 1.29 is 14.4 Å². The third kappa shape index (κ3) is 4.10. The Balaban J connectivity index is 1.75. The van der Waals surface area contributed by atoms with Crippen LogP contribution in [0.4, 0.5) is 5.82 Å². The van der Waals surface area contributed by atoms with E-state index in [1.807, 2.05) is 0 Å². The predicted octanol–water partition coefficient (Wildman–Crippen LogP) is 1.14. The molecule has 9 heteroatoms. The van der Waals surface area contributed by atoms with E-state index in [1.165, 1.54) is 11.8 Å². The number of carbonyl (C=O) groups is 1. The second-order valence-corrected chi connectivity index (χ2v) is 6.83. The largest absolute Gasteiger partial charge is 0.395 e. The van der Waals surface area contributed by atoms with Crippen LogP contribution < -0.4 is 11.0 Å². The third-order valence-electron chi connectivity index (χ3n) is 4.01. The van der Waals surface area contributed by atoms with E-state index in [1.54, 1.807) is 17.6 Å². The molecule has 1 aliphatic carbocycles. The summed E-state index contributed by atoms with van der Waals surface area (Å²) in [6.07, 6.45) is 3.67. The summed E-state index contributed by atoms with van der Waals surface area (Å²) >= 11 is 1.25.